The summed E-state index contributed by atoms with van der Waals surface area (Å²) in [6, 6.07) is 7.15. The first-order valence-corrected chi connectivity index (χ1v) is 13.0. The Balaban J connectivity index is 1.65. The molecule has 3 unspecified atom stereocenters. The standard InChI is InChI=1S/C26H31N7O7/c34-21-10-17(9-16-5-2-1-3-6-16)25(39)29-19(26(40)28-13-24(37)38)11-18-14-32(31-30-18)15-22(35)27-12-23(36)33-8-4-7-20(21)33/h1-3,5-6,14,17,19-20H,4,7-13,15H2,(H,27,35)(H,28,40)(H,29,39)(H,37,38). The highest BCUT2D eigenvalue weighted by atomic mass is 16.4. The molecule has 2 aromatic rings. The number of carbonyl (C=O) groups excluding carboxylic acids is 5. The van der Waals surface area contributed by atoms with Crippen molar-refractivity contribution in [3.05, 3.63) is 47.8 Å². The van der Waals surface area contributed by atoms with Crippen molar-refractivity contribution in [2.75, 3.05) is 19.6 Å². The summed E-state index contributed by atoms with van der Waals surface area (Å²) in [4.78, 5) is 77.7. The van der Waals surface area contributed by atoms with Gasteiger partial charge in [-0.05, 0) is 24.8 Å². The quantitative estimate of drug-likeness (QED) is 0.339. The number of hydrogen-bond acceptors (Lipinski definition) is 8. The van der Waals surface area contributed by atoms with Gasteiger partial charge in [0.1, 0.15) is 19.1 Å². The molecule has 4 rings (SSSR count). The van der Waals surface area contributed by atoms with Crippen molar-refractivity contribution in [3.63, 3.8) is 0 Å². The largest absolute Gasteiger partial charge is 0.480 e. The maximum absolute atomic E-state index is 13.6. The molecular formula is C26H31N7O7. The summed E-state index contributed by atoms with van der Waals surface area (Å²) in [5.41, 5.74) is 1.07. The van der Waals surface area contributed by atoms with E-state index in [1.807, 2.05) is 30.3 Å². The van der Waals surface area contributed by atoms with Crippen molar-refractivity contribution in [3.8, 4) is 0 Å². The molecule has 4 amide bonds. The van der Waals surface area contributed by atoms with E-state index in [1.54, 1.807) is 0 Å². The molecular weight excluding hydrogens is 522 g/mol. The first-order valence-electron chi connectivity index (χ1n) is 13.0. The summed E-state index contributed by atoms with van der Waals surface area (Å²) in [6.45, 7) is -0.831. The number of Topliss-reactive ketones (excluding diaryl/α,β-unsaturated/α-hetero) is 1. The molecule has 40 heavy (non-hydrogen) atoms. The van der Waals surface area contributed by atoms with Crippen LogP contribution in [0.2, 0.25) is 0 Å². The molecule has 0 saturated carbocycles. The van der Waals surface area contributed by atoms with Crippen LogP contribution in [0, 0.1) is 5.92 Å². The molecule has 1 aromatic carbocycles. The lowest BCUT2D eigenvalue weighted by molar-refractivity contribution is -0.139. The fourth-order valence-corrected chi connectivity index (χ4v) is 4.92. The Hall–Kier alpha value is -4.62. The first-order chi connectivity index (χ1) is 19.2. The van der Waals surface area contributed by atoms with E-state index in [0.29, 0.717) is 19.4 Å². The highest BCUT2D eigenvalue weighted by molar-refractivity contribution is 5.95. The zero-order valence-electron chi connectivity index (χ0n) is 21.7. The number of fused-ring (bicyclic) bond motifs is 3. The van der Waals surface area contributed by atoms with Crippen LogP contribution in [0.5, 0.6) is 0 Å². The average Bonchev–Trinajstić information content (AvgIpc) is 3.59. The number of ketones is 1. The van der Waals surface area contributed by atoms with Crippen LogP contribution in [0.25, 0.3) is 0 Å². The predicted molar refractivity (Wildman–Crippen MR) is 137 cm³/mol. The van der Waals surface area contributed by atoms with Gasteiger partial charge >= 0.3 is 5.97 Å². The number of aliphatic carboxylic acids is 1. The van der Waals surface area contributed by atoms with Gasteiger partial charge in [-0.25, -0.2) is 4.68 Å². The number of carboxylic acids is 1. The molecule has 3 heterocycles. The number of aromatic nitrogens is 3. The molecule has 0 aliphatic carbocycles. The molecule has 14 nitrogen and oxygen atoms in total. The summed E-state index contributed by atoms with van der Waals surface area (Å²) in [6.07, 6.45) is 2.36. The fraction of sp³-hybridized carbons (Fsp3) is 0.462. The zero-order valence-corrected chi connectivity index (χ0v) is 21.7. The van der Waals surface area contributed by atoms with Crippen LogP contribution in [-0.4, -0.2) is 92.1 Å². The molecule has 1 fully saturated rings. The second-order valence-corrected chi connectivity index (χ2v) is 9.86. The van der Waals surface area contributed by atoms with Gasteiger partial charge in [-0.15, -0.1) is 5.10 Å². The number of hydrogen-bond donors (Lipinski definition) is 4. The Morgan fingerprint density at radius 2 is 1.88 bits per heavy atom. The number of rotatable bonds is 5. The van der Waals surface area contributed by atoms with E-state index in [4.69, 9.17) is 5.11 Å². The Morgan fingerprint density at radius 3 is 2.62 bits per heavy atom. The van der Waals surface area contributed by atoms with E-state index in [2.05, 4.69) is 26.3 Å². The van der Waals surface area contributed by atoms with Crippen LogP contribution in [0.1, 0.15) is 30.5 Å². The van der Waals surface area contributed by atoms with E-state index in [-0.39, 0.29) is 43.8 Å². The highest BCUT2D eigenvalue weighted by Crippen LogP contribution is 2.23. The van der Waals surface area contributed by atoms with Crippen LogP contribution in [0.15, 0.2) is 36.5 Å². The van der Waals surface area contributed by atoms with E-state index in [9.17, 15) is 28.8 Å². The molecule has 1 aromatic heterocycles. The molecule has 1 saturated heterocycles. The lowest BCUT2D eigenvalue weighted by Crippen LogP contribution is -2.51. The van der Waals surface area contributed by atoms with Crippen molar-refractivity contribution >= 4 is 35.4 Å². The number of carboxylic acid groups (broad SMARTS) is 1. The van der Waals surface area contributed by atoms with Gasteiger partial charge in [0.05, 0.1) is 18.3 Å². The summed E-state index contributed by atoms with van der Waals surface area (Å²) < 4.78 is 1.22. The number of nitrogens with zero attached hydrogens (tertiary/aromatic N) is 4. The van der Waals surface area contributed by atoms with Gasteiger partial charge in [0.15, 0.2) is 5.78 Å². The number of benzene rings is 1. The number of amides is 4. The highest BCUT2D eigenvalue weighted by Gasteiger charge is 2.37. The van der Waals surface area contributed by atoms with Gasteiger partial charge < -0.3 is 26.0 Å². The molecule has 3 atom stereocenters. The number of carbonyl (C=O) groups is 6. The van der Waals surface area contributed by atoms with E-state index >= 15 is 0 Å². The Kier molecular flexibility index (Phi) is 9.19. The van der Waals surface area contributed by atoms with Crippen molar-refractivity contribution in [1.29, 1.82) is 0 Å². The third kappa shape index (κ3) is 7.48. The summed E-state index contributed by atoms with van der Waals surface area (Å²) >= 11 is 0. The van der Waals surface area contributed by atoms with Crippen molar-refractivity contribution < 1.29 is 33.9 Å². The third-order valence-electron chi connectivity index (χ3n) is 6.88. The first kappa shape index (κ1) is 28.4. The van der Waals surface area contributed by atoms with Gasteiger partial charge in [-0.1, -0.05) is 35.5 Å². The summed E-state index contributed by atoms with van der Waals surface area (Å²) in [5, 5.41) is 24.3. The van der Waals surface area contributed by atoms with Gasteiger partial charge in [-0.2, -0.15) is 0 Å². The lowest BCUT2D eigenvalue weighted by atomic mass is 9.90. The molecule has 2 aliphatic rings. The maximum atomic E-state index is 13.6. The average molecular weight is 554 g/mol. The Labute approximate surface area is 229 Å². The third-order valence-corrected chi connectivity index (χ3v) is 6.88. The monoisotopic (exact) mass is 553 g/mol. The second-order valence-electron chi connectivity index (χ2n) is 9.86. The van der Waals surface area contributed by atoms with Crippen molar-refractivity contribution in [1.82, 2.24) is 35.8 Å². The van der Waals surface area contributed by atoms with E-state index < -0.39 is 54.1 Å². The minimum atomic E-state index is -1.26. The van der Waals surface area contributed by atoms with Crippen LogP contribution in [0.3, 0.4) is 0 Å². The van der Waals surface area contributed by atoms with Crippen LogP contribution < -0.4 is 16.0 Å². The molecule has 0 radical (unpaired) electrons. The SMILES string of the molecule is O=C(O)CNC(=O)C1Cc2cn(nn2)CC(=O)NCC(=O)N2CCCC2C(=O)CC(Cc2ccccc2)C(=O)N1. The van der Waals surface area contributed by atoms with Crippen molar-refractivity contribution in [2.45, 2.75) is 50.7 Å². The Bertz CT molecular complexity index is 1280. The topological polar surface area (TPSA) is 193 Å². The second kappa shape index (κ2) is 13.0. The molecule has 2 bridgehead atoms. The summed E-state index contributed by atoms with van der Waals surface area (Å²) in [7, 11) is 0. The molecule has 212 valence electrons. The minimum Gasteiger partial charge on any atom is -0.480 e. The van der Waals surface area contributed by atoms with Crippen LogP contribution >= 0.6 is 0 Å². The van der Waals surface area contributed by atoms with Gasteiger partial charge in [0.25, 0.3) is 0 Å². The molecule has 4 N–H and O–H groups in total. The minimum absolute atomic E-state index is 0.139. The van der Waals surface area contributed by atoms with E-state index in [1.165, 1.54) is 15.8 Å². The lowest BCUT2D eigenvalue weighted by Gasteiger charge is -2.26. The van der Waals surface area contributed by atoms with Crippen LogP contribution in [-0.2, 0) is 48.2 Å². The Morgan fingerprint density at radius 1 is 1.10 bits per heavy atom. The van der Waals surface area contributed by atoms with Gasteiger partial charge in [0, 0.05) is 31.5 Å². The normalized spacial score (nSPS) is 22.6. The predicted octanol–water partition coefficient (Wildman–Crippen LogP) is -1.55. The zero-order chi connectivity index (χ0) is 28.6. The smallest absolute Gasteiger partial charge is 0.322 e. The number of nitrogens with one attached hydrogen (secondary N) is 3. The molecule has 0 spiro atoms. The molecule has 2 aliphatic heterocycles. The van der Waals surface area contributed by atoms with E-state index in [0.717, 1.165) is 5.56 Å². The van der Waals surface area contributed by atoms with Crippen LogP contribution in [0.4, 0.5) is 0 Å². The summed E-state index contributed by atoms with van der Waals surface area (Å²) in [5.74, 6) is -4.63. The van der Waals surface area contributed by atoms with Crippen molar-refractivity contribution in [2.24, 2.45) is 5.92 Å². The molecule has 14 heteroatoms. The fourth-order valence-electron chi connectivity index (χ4n) is 4.92. The van der Waals surface area contributed by atoms with Gasteiger partial charge in [-0.3, -0.25) is 28.8 Å². The van der Waals surface area contributed by atoms with Gasteiger partial charge in [0.2, 0.25) is 23.6 Å². The maximum Gasteiger partial charge on any atom is 0.322 e.